The van der Waals surface area contributed by atoms with Crippen molar-refractivity contribution >= 4 is 11.8 Å². The quantitative estimate of drug-likeness (QED) is 0.741. The molecule has 0 heterocycles. The molecule has 0 radical (unpaired) electrons. The van der Waals surface area contributed by atoms with Crippen molar-refractivity contribution in [1.82, 2.24) is 5.32 Å². The molecule has 6 heteroatoms. The molecule has 144 valence electrons. The molecule has 1 aromatic carbocycles. The van der Waals surface area contributed by atoms with Gasteiger partial charge in [-0.25, -0.2) is 8.78 Å². The van der Waals surface area contributed by atoms with Crippen LogP contribution in [-0.2, 0) is 16.0 Å². The average molecular weight is 366 g/mol. The van der Waals surface area contributed by atoms with E-state index in [1.165, 1.54) is 12.1 Å². The van der Waals surface area contributed by atoms with Gasteiger partial charge in [-0.05, 0) is 63.6 Å². The number of nitrogens with one attached hydrogen (secondary N) is 1. The summed E-state index contributed by atoms with van der Waals surface area (Å²) < 4.78 is 26.7. The maximum absolute atomic E-state index is 13.4. The fourth-order valence-electron chi connectivity index (χ4n) is 3.25. The maximum atomic E-state index is 13.4. The minimum Gasteiger partial charge on any atom is -0.369 e. The second kappa shape index (κ2) is 8.14. The molecule has 2 atom stereocenters. The topological polar surface area (TPSA) is 72.2 Å². The zero-order chi connectivity index (χ0) is 19.5. The molecular formula is C20H28F2N2O2. The Hall–Kier alpha value is -1.98. The van der Waals surface area contributed by atoms with Crippen molar-refractivity contribution in [3.05, 3.63) is 35.4 Å². The zero-order valence-electron chi connectivity index (χ0n) is 15.6. The number of amides is 2. The Morgan fingerprint density at radius 2 is 1.73 bits per heavy atom. The van der Waals surface area contributed by atoms with Crippen LogP contribution in [0.5, 0.6) is 0 Å². The Labute approximate surface area is 153 Å². The molecule has 2 rings (SSSR count). The Balaban J connectivity index is 2.14. The van der Waals surface area contributed by atoms with Gasteiger partial charge in [0, 0.05) is 23.4 Å². The van der Waals surface area contributed by atoms with E-state index in [0.29, 0.717) is 17.9 Å². The highest BCUT2D eigenvalue weighted by molar-refractivity contribution is 5.87. The number of nitrogens with two attached hydrogens (primary N) is 1. The molecule has 1 aromatic rings. The first kappa shape index (κ1) is 20.3. The maximum Gasteiger partial charge on any atom is 0.224 e. The van der Waals surface area contributed by atoms with Crippen molar-refractivity contribution in [3.8, 4) is 0 Å². The van der Waals surface area contributed by atoms with Crippen LogP contribution < -0.4 is 11.1 Å². The number of carbonyl (C=O) groups is 2. The third-order valence-electron chi connectivity index (χ3n) is 4.64. The molecule has 1 saturated carbocycles. The van der Waals surface area contributed by atoms with E-state index < -0.39 is 34.9 Å². The first-order chi connectivity index (χ1) is 12.0. The molecule has 0 aromatic heterocycles. The molecule has 0 bridgehead atoms. The van der Waals surface area contributed by atoms with E-state index in [1.807, 2.05) is 20.8 Å². The summed E-state index contributed by atoms with van der Waals surface area (Å²) in [4.78, 5) is 24.8. The van der Waals surface area contributed by atoms with Gasteiger partial charge in [-0.2, -0.15) is 0 Å². The Kier molecular flexibility index (Phi) is 6.37. The Morgan fingerprint density at radius 1 is 1.15 bits per heavy atom. The number of rotatable bonds is 8. The molecule has 3 N–H and O–H groups in total. The number of carbonyl (C=O) groups excluding carboxylic acids is 2. The fourth-order valence-corrected chi connectivity index (χ4v) is 3.25. The molecule has 0 aliphatic heterocycles. The van der Waals surface area contributed by atoms with Crippen molar-refractivity contribution in [2.24, 2.45) is 23.5 Å². The summed E-state index contributed by atoms with van der Waals surface area (Å²) in [6.07, 6.45) is 3.30. The number of halogens is 2. The van der Waals surface area contributed by atoms with Gasteiger partial charge < -0.3 is 11.1 Å². The SMILES string of the molecule is CC(C)(C)NC(=O)[C@H](CC1CC1)[C@H](CCc1cc(F)cc(F)c1)C(N)=O. The van der Waals surface area contributed by atoms with Gasteiger partial charge in [0.15, 0.2) is 0 Å². The highest BCUT2D eigenvalue weighted by Gasteiger charge is 2.38. The Morgan fingerprint density at radius 3 is 2.19 bits per heavy atom. The van der Waals surface area contributed by atoms with Gasteiger partial charge in [0.05, 0.1) is 0 Å². The Bertz CT molecular complexity index is 646. The lowest BCUT2D eigenvalue weighted by Crippen LogP contribution is -2.47. The van der Waals surface area contributed by atoms with Crippen LogP contribution in [0.1, 0.15) is 52.0 Å². The summed E-state index contributed by atoms with van der Waals surface area (Å²) >= 11 is 0. The average Bonchev–Trinajstić information content (AvgIpc) is 3.27. The van der Waals surface area contributed by atoms with E-state index in [0.717, 1.165) is 18.9 Å². The third kappa shape index (κ3) is 6.39. The van der Waals surface area contributed by atoms with Gasteiger partial charge in [-0.3, -0.25) is 9.59 Å². The molecule has 0 saturated heterocycles. The van der Waals surface area contributed by atoms with Crippen molar-refractivity contribution in [2.75, 3.05) is 0 Å². The first-order valence-electron chi connectivity index (χ1n) is 9.11. The summed E-state index contributed by atoms with van der Waals surface area (Å²) in [7, 11) is 0. The lowest BCUT2D eigenvalue weighted by molar-refractivity contribution is -0.135. The van der Waals surface area contributed by atoms with Crippen LogP contribution in [0.25, 0.3) is 0 Å². The number of benzene rings is 1. The standard InChI is InChI=1S/C20H28F2N2O2/c1-20(2,3)24-19(26)17(10-12-4-5-12)16(18(23)25)7-6-13-8-14(21)11-15(22)9-13/h8-9,11-12,16-17H,4-7,10H2,1-3H3,(H2,23,25)(H,24,26)/t16-,17+/m0/s1. The van der Waals surface area contributed by atoms with E-state index in [-0.39, 0.29) is 18.7 Å². The normalized spacial score (nSPS) is 16.8. The van der Waals surface area contributed by atoms with Crippen molar-refractivity contribution in [3.63, 3.8) is 0 Å². The van der Waals surface area contributed by atoms with Gasteiger partial charge in [0.1, 0.15) is 11.6 Å². The van der Waals surface area contributed by atoms with E-state index in [1.54, 1.807) is 0 Å². The van der Waals surface area contributed by atoms with Crippen molar-refractivity contribution < 1.29 is 18.4 Å². The summed E-state index contributed by atoms with van der Waals surface area (Å²) in [5.41, 5.74) is 5.64. The van der Waals surface area contributed by atoms with E-state index in [4.69, 9.17) is 5.73 Å². The van der Waals surface area contributed by atoms with E-state index >= 15 is 0 Å². The highest BCUT2D eigenvalue weighted by atomic mass is 19.1. The number of hydrogen-bond donors (Lipinski definition) is 2. The summed E-state index contributed by atoms with van der Waals surface area (Å²) in [6, 6.07) is 3.29. The summed E-state index contributed by atoms with van der Waals surface area (Å²) in [5.74, 6) is -2.78. The molecule has 1 aliphatic rings. The van der Waals surface area contributed by atoms with Gasteiger partial charge in [-0.1, -0.05) is 12.8 Å². The highest BCUT2D eigenvalue weighted by Crippen LogP contribution is 2.38. The van der Waals surface area contributed by atoms with Crippen LogP contribution >= 0.6 is 0 Å². The van der Waals surface area contributed by atoms with Gasteiger partial charge in [-0.15, -0.1) is 0 Å². The lowest BCUT2D eigenvalue weighted by atomic mass is 9.82. The predicted octanol–water partition coefficient (Wildman–Crippen LogP) is 3.33. The second-order valence-electron chi connectivity index (χ2n) is 8.35. The monoisotopic (exact) mass is 366 g/mol. The molecule has 0 spiro atoms. The van der Waals surface area contributed by atoms with Crippen LogP contribution in [0.2, 0.25) is 0 Å². The van der Waals surface area contributed by atoms with Gasteiger partial charge in [0.25, 0.3) is 0 Å². The van der Waals surface area contributed by atoms with Crippen molar-refractivity contribution in [2.45, 2.75) is 58.4 Å². The molecule has 4 nitrogen and oxygen atoms in total. The van der Waals surface area contributed by atoms with Crippen LogP contribution in [0.3, 0.4) is 0 Å². The van der Waals surface area contributed by atoms with Gasteiger partial charge in [0.2, 0.25) is 11.8 Å². The van der Waals surface area contributed by atoms with Crippen LogP contribution in [0.4, 0.5) is 8.78 Å². The zero-order valence-corrected chi connectivity index (χ0v) is 15.6. The van der Waals surface area contributed by atoms with Gasteiger partial charge >= 0.3 is 0 Å². The first-order valence-corrected chi connectivity index (χ1v) is 9.11. The summed E-state index contributed by atoms with van der Waals surface area (Å²) in [6.45, 7) is 5.65. The largest absolute Gasteiger partial charge is 0.369 e. The molecule has 26 heavy (non-hydrogen) atoms. The fraction of sp³-hybridized carbons (Fsp3) is 0.600. The number of aryl methyl sites for hydroxylation is 1. The van der Waals surface area contributed by atoms with E-state index in [2.05, 4.69) is 5.32 Å². The molecule has 2 amide bonds. The van der Waals surface area contributed by atoms with E-state index in [9.17, 15) is 18.4 Å². The predicted molar refractivity (Wildman–Crippen MR) is 96.1 cm³/mol. The minimum absolute atomic E-state index is 0.182. The van der Waals surface area contributed by atoms with Crippen molar-refractivity contribution in [1.29, 1.82) is 0 Å². The number of primary amides is 1. The molecule has 0 unspecified atom stereocenters. The molecule has 1 aliphatic carbocycles. The smallest absolute Gasteiger partial charge is 0.224 e. The third-order valence-corrected chi connectivity index (χ3v) is 4.64. The number of hydrogen-bond acceptors (Lipinski definition) is 2. The summed E-state index contributed by atoms with van der Waals surface area (Å²) in [5, 5.41) is 2.94. The molecule has 1 fully saturated rings. The molecular weight excluding hydrogens is 338 g/mol. The van der Waals surface area contributed by atoms with Crippen LogP contribution in [-0.4, -0.2) is 17.4 Å². The second-order valence-corrected chi connectivity index (χ2v) is 8.35. The van der Waals surface area contributed by atoms with Crippen LogP contribution in [0.15, 0.2) is 18.2 Å². The van der Waals surface area contributed by atoms with Crippen LogP contribution in [0, 0.1) is 29.4 Å². The lowest BCUT2D eigenvalue weighted by Gasteiger charge is -2.29. The minimum atomic E-state index is -0.663.